The van der Waals surface area contributed by atoms with Gasteiger partial charge in [-0.3, -0.25) is 13.9 Å². The number of halogens is 1. The minimum atomic E-state index is -4.18. The molecule has 3 rings (SSSR count). The summed E-state index contributed by atoms with van der Waals surface area (Å²) in [5, 5.41) is 13.5. The van der Waals surface area contributed by atoms with E-state index in [-0.39, 0.29) is 21.5 Å². The summed E-state index contributed by atoms with van der Waals surface area (Å²) in [7, 11) is -2.65. The number of hydrogen-bond acceptors (Lipinski definition) is 4. The number of fused-ring (bicyclic) bond motifs is 1. The molecule has 0 spiro atoms. The number of nitrogens with one attached hydrogen (secondary N) is 1. The Hall–Kier alpha value is -3.10. The molecule has 1 amide bonds. The largest absolute Gasteiger partial charge is 0.480 e. The van der Waals surface area contributed by atoms with Crippen LogP contribution in [0, 0.1) is 6.92 Å². The molecule has 0 radical (unpaired) electrons. The maximum absolute atomic E-state index is 13.2. The van der Waals surface area contributed by atoms with Crippen molar-refractivity contribution in [2.75, 3.05) is 17.9 Å². The van der Waals surface area contributed by atoms with Crippen LogP contribution in [0.2, 0.25) is 5.02 Å². The standard InChI is InChI=1S/C21H19ClN2O5S/c1-13-7-17(22)11-19(8-13)30(28,29)24(12-20(25)26)18-6-5-14-9-16(21(27)23-2)4-3-15(14)10-18/h3-11H,12H2,1-2H3,(H,23,27)(H,25,26). The van der Waals surface area contributed by atoms with Crippen LogP contribution in [0.1, 0.15) is 15.9 Å². The lowest BCUT2D eigenvalue weighted by atomic mass is 10.1. The fraction of sp³-hybridized carbons (Fsp3) is 0.143. The lowest BCUT2D eigenvalue weighted by Crippen LogP contribution is -2.35. The summed E-state index contributed by atoms with van der Waals surface area (Å²) in [4.78, 5) is 23.2. The predicted molar refractivity (Wildman–Crippen MR) is 116 cm³/mol. The number of carboxylic acid groups (broad SMARTS) is 1. The molecule has 0 heterocycles. The molecule has 0 atom stereocenters. The Labute approximate surface area is 178 Å². The second kappa shape index (κ2) is 8.33. The molecular formula is C21H19ClN2O5S. The van der Waals surface area contributed by atoms with Crippen LogP contribution in [0.5, 0.6) is 0 Å². The quantitative estimate of drug-likeness (QED) is 0.603. The third-order valence-corrected chi connectivity index (χ3v) is 6.45. The van der Waals surface area contributed by atoms with Crippen molar-refractivity contribution in [3.63, 3.8) is 0 Å². The van der Waals surface area contributed by atoms with Crippen molar-refractivity contribution in [1.29, 1.82) is 0 Å². The number of carbonyl (C=O) groups excluding carboxylic acids is 1. The Balaban J connectivity index is 2.12. The van der Waals surface area contributed by atoms with E-state index < -0.39 is 22.5 Å². The fourth-order valence-electron chi connectivity index (χ4n) is 3.09. The number of nitrogens with zero attached hydrogens (tertiary/aromatic N) is 1. The molecule has 0 aliphatic heterocycles. The second-order valence-corrected chi connectivity index (χ2v) is 8.99. The second-order valence-electron chi connectivity index (χ2n) is 6.70. The van der Waals surface area contributed by atoms with Crippen molar-refractivity contribution in [2.24, 2.45) is 0 Å². The zero-order valence-electron chi connectivity index (χ0n) is 16.2. The lowest BCUT2D eigenvalue weighted by Gasteiger charge is -2.23. The van der Waals surface area contributed by atoms with Gasteiger partial charge < -0.3 is 10.4 Å². The number of rotatable bonds is 6. The number of aliphatic carboxylic acids is 1. The predicted octanol–water partition coefficient (Wildman–Crippen LogP) is 3.44. The van der Waals surface area contributed by atoms with E-state index in [1.54, 1.807) is 43.3 Å². The first-order chi connectivity index (χ1) is 14.1. The lowest BCUT2D eigenvalue weighted by molar-refractivity contribution is -0.135. The van der Waals surface area contributed by atoms with Gasteiger partial charge in [-0.15, -0.1) is 0 Å². The van der Waals surface area contributed by atoms with Crippen molar-refractivity contribution in [3.05, 3.63) is 70.7 Å². The van der Waals surface area contributed by atoms with Crippen LogP contribution >= 0.6 is 11.6 Å². The Bertz CT molecular complexity index is 1240. The van der Waals surface area contributed by atoms with Gasteiger partial charge in [0, 0.05) is 17.6 Å². The number of sulfonamides is 1. The maximum atomic E-state index is 13.2. The fourth-order valence-corrected chi connectivity index (χ4v) is 4.98. The third-order valence-electron chi connectivity index (χ3n) is 4.48. The van der Waals surface area contributed by atoms with Gasteiger partial charge in [-0.05, 0) is 65.7 Å². The smallest absolute Gasteiger partial charge is 0.324 e. The molecule has 9 heteroatoms. The summed E-state index contributed by atoms with van der Waals surface area (Å²) >= 11 is 6.01. The normalized spacial score (nSPS) is 11.3. The Morgan fingerprint density at radius 3 is 2.33 bits per heavy atom. The molecule has 0 saturated carbocycles. The average Bonchev–Trinajstić information content (AvgIpc) is 2.69. The van der Waals surface area contributed by atoms with Gasteiger partial charge >= 0.3 is 5.97 Å². The molecule has 0 unspecified atom stereocenters. The topological polar surface area (TPSA) is 104 Å². The van der Waals surface area contributed by atoms with Crippen molar-refractivity contribution >= 4 is 50.0 Å². The zero-order valence-corrected chi connectivity index (χ0v) is 17.8. The SMILES string of the molecule is CNC(=O)c1ccc2cc(N(CC(=O)O)S(=O)(=O)c3cc(C)cc(Cl)c3)ccc2c1. The van der Waals surface area contributed by atoms with Crippen LogP contribution in [-0.4, -0.2) is 39.0 Å². The first-order valence-corrected chi connectivity index (χ1v) is 10.7. The highest BCUT2D eigenvalue weighted by atomic mass is 35.5. The highest BCUT2D eigenvalue weighted by Crippen LogP contribution is 2.29. The molecule has 7 nitrogen and oxygen atoms in total. The average molecular weight is 447 g/mol. The molecule has 0 aliphatic rings. The molecule has 0 aromatic heterocycles. The van der Waals surface area contributed by atoms with Gasteiger partial charge in [-0.1, -0.05) is 23.7 Å². The summed E-state index contributed by atoms with van der Waals surface area (Å²) in [6, 6.07) is 14.0. The molecule has 0 saturated heterocycles. The minimum absolute atomic E-state index is 0.0937. The summed E-state index contributed by atoms with van der Waals surface area (Å²) in [6.07, 6.45) is 0. The Kier molecular flexibility index (Phi) is 6.00. The molecule has 30 heavy (non-hydrogen) atoms. The van der Waals surface area contributed by atoms with Crippen molar-refractivity contribution < 1.29 is 23.1 Å². The van der Waals surface area contributed by atoms with Crippen LogP contribution in [0.4, 0.5) is 5.69 Å². The molecule has 0 fully saturated rings. The number of benzene rings is 3. The van der Waals surface area contributed by atoms with Crippen molar-refractivity contribution in [3.8, 4) is 0 Å². The van der Waals surface area contributed by atoms with E-state index >= 15 is 0 Å². The first kappa shape index (κ1) is 21.6. The highest BCUT2D eigenvalue weighted by molar-refractivity contribution is 7.92. The number of amides is 1. The summed E-state index contributed by atoms with van der Waals surface area (Å²) in [5.41, 5.74) is 1.29. The summed E-state index contributed by atoms with van der Waals surface area (Å²) in [5.74, 6) is -1.54. The number of aryl methyl sites for hydroxylation is 1. The van der Waals surface area contributed by atoms with E-state index in [0.717, 1.165) is 4.31 Å². The van der Waals surface area contributed by atoms with Gasteiger partial charge in [0.15, 0.2) is 0 Å². The monoisotopic (exact) mass is 446 g/mol. The van der Waals surface area contributed by atoms with Crippen molar-refractivity contribution in [1.82, 2.24) is 5.32 Å². The van der Waals surface area contributed by atoms with Crippen molar-refractivity contribution in [2.45, 2.75) is 11.8 Å². The van der Waals surface area contributed by atoms with Gasteiger partial charge in [-0.25, -0.2) is 8.42 Å². The number of anilines is 1. The van der Waals surface area contributed by atoms with Crippen LogP contribution in [0.3, 0.4) is 0 Å². The van der Waals surface area contributed by atoms with E-state index in [1.165, 1.54) is 25.2 Å². The van der Waals surface area contributed by atoms with E-state index in [1.807, 2.05) is 0 Å². The number of hydrogen-bond donors (Lipinski definition) is 2. The van der Waals surface area contributed by atoms with Crippen LogP contribution in [0.25, 0.3) is 10.8 Å². The molecule has 3 aromatic rings. The molecule has 0 bridgehead atoms. The first-order valence-electron chi connectivity index (χ1n) is 8.89. The van der Waals surface area contributed by atoms with Gasteiger partial charge in [0.1, 0.15) is 6.54 Å². The summed E-state index contributed by atoms with van der Waals surface area (Å²) < 4.78 is 27.3. The molecule has 3 aromatic carbocycles. The number of carbonyl (C=O) groups is 2. The van der Waals surface area contributed by atoms with E-state index in [2.05, 4.69) is 5.32 Å². The highest BCUT2D eigenvalue weighted by Gasteiger charge is 2.28. The van der Waals surface area contributed by atoms with Gasteiger partial charge in [0.25, 0.3) is 15.9 Å². The summed E-state index contributed by atoms with van der Waals surface area (Å²) in [6.45, 7) is 0.947. The van der Waals surface area contributed by atoms with Crippen LogP contribution in [0.15, 0.2) is 59.5 Å². The molecular weight excluding hydrogens is 428 g/mol. The Morgan fingerprint density at radius 1 is 1.03 bits per heavy atom. The maximum Gasteiger partial charge on any atom is 0.324 e. The van der Waals surface area contributed by atoms with E-state index in [9.17, 15) is 23.1 Å². The van der Waals surface area contributed by atoms with E-state index in [4.69, 9.17) is 11.6 Å². The van der Waals surface area contributed by atoms with Gasteiger partial charge in [0.2, 0.25) is 0 Å². The molecule has 156 valence electrons. The number of carboxylic acids is 1. The van der Waals surface area contributed by atoms with Gasteiger partial charge in [-0.2, -0.15) is 0 Å². The van der Waals surface area contributed by atoms with Crippen LogP contribution in [-0.2, 0) is 14.8 Å². The zero-order chi connectivity index (χ0) is 22.1. The Morgan fingerprint density at radius 2 is 1.70 bits per heavy atom. The van der Waals surface area contributed by atoms with Gasteiger partial charge in [0.05, 0.1) is 10.6 Å². The minimum Gasteiger partial charge on any atom is -0.480 e. The third kappa shape index (κ3) is 4.39. The van der Waals surface area contributed by atoms with E-state index in [0.29, 0.717) is 21.9 Å². The molecule has 0 aliphatic carbocycles. The molecule has 2 N–H and O–H groups in total. The van der Waals surface area contributed by atoms with Crippen LogP contribution < -0.4 is 9.62 Å².